The molecule has 0 spiro atoms. The molecule has 5 rings (SSSR count). The fraction of sp³-hybridized carbons (Fsp3) is 0.250. The Bertz CT molecular complexity index is 1440. The van der Waals surface area contributed by atoms with Gasteiger partial charge < -0.3 is 10.1 Å². The van der Waals surface area contributed by atoms with E-state index in [-0.39, 0.29) is 18.1 Å². The molecule has 2 heterocycles. The quantitative estimate of drug-likeness (QED) is 0.366. The molecule has 0 bridgehead atoms. The summed E-state index contributed by atoms with van der Waals surface area (Å²) in [6, 6.07) is 19.1. The first-order valence-electron chi connectivity index (χ1n) is 11.9. The lowest BCUT2D eigenvalue weighted by Gasteiger charge is -2.27. The molecule has 7 nitrogen and oxygen atoms in total. The number of nitrogens with one attached hydrogen (secondary N) is 1. The van der Waals surface area contributed by atoms with Gasteiger partial charge in [0.25, 0.3) is 5.91 Å². The van der Waals surface area contributed by atoms with E-state index in [1.165, 1.54) is 16.9 Å². The first-order chi connectivity index (χ1) is 17.5. The highest BCUT2D eigenvalue weighted by Gasteiger charge is 2.26. The molecule has 0 unspecified atom stereocenters. The number of nitrogens with zero attached hydrogens (tertiary/aromatic N) is 4. The van der Waals surface area contributed by atoms with Crippen molar-refractivity contribution in [3.8, 4) is 33.0 Å². The Morgan fingerprint density at radius 3 is 2.78 bits per heavy atom. The van der Waals surface area contributed by atoms with Gasteiger partial charge in [-0.1, -0.05) is 35.6 Å². The number of ether oxygens (including phenoxy) is 1. The normalized spacial score (nSPS) is 14.7. The summed E-state index contributed by atoms with van der Waals surface area (Å²) >= 11 is 1.49. The van der Waals surface area contributed by atoms with Gasteiger partial charge in [-0.05, 0) is 74.6 Å². The van der Waals surface area contributed by atoms with E-state index in [0.717, 1.165) is 46.0 Å². The predicted molar refractivity (Wildman–Crippen MR) is 139 cm³/mol. The molecule has 0 aliphatic heterocycles. The van der Waals surface area contributed by atoms with Crippen LogP contribution in [0.25, 0.3) is 21.1 Å². The summed E-state index contributed by atoms with van der Waals surface area (Å²) in [6.45, 7) is 3.86. The van der Waals surface area contributed by atoms with E-state index in [1.54, 1.807) is 24.4 Å². The minimum Gasteiger partial charge on any atom is -0.490 e. The Morgan fingerprint density at radius 1 is 1.14 bits per heavy atom. The van der Waals surface area contributed by atoms with Crippen molar-refractivity contribution in [3.63, 3.8) is 0 Å². The van der Waals surface area contributed by atoms with Crippen LogP contribution in [-0.4, -0.2) is 27.2 Å². The van der Waals surface area contributed by atoms with Gasteiger partial charge in [0.15, 0.2) is 0 Å². The first-order valence-corrected chi connectivity index (χ1v) is 12.7. The lowest BCUT2D eigenvalue weighted by atomic mass is 9.85. The number of hydrogen-bond donors (Lipinski definition) is 1. The fourth-order valence-corrected chi connectivity index (χ4v) is 5.38. The topological polar surface area (TPSA) is 101 Å². The van der Waals surface area contributed by atoms with Gasteiger partial charge in [0, 0.05) is 17.3 Å². The number of amides is 1. The van der Waals surface area contributed by atoms with E-state index in [0.29, 0.717) is 17.0 Å². The minimum absolute atomic E-state index is 0.0158. The Hall–Kier alpha value is -4.09. The zero-order chi connectivity index (χ0) is 25.1. The van der Waals surface area contributed by atoms with Crippen LogP contribution in [0.3, 0.4) is 0 Å². The third-order valence-electron chi connectivity index (χ3n) is 6.08. The smallest absolute Gasteiger partial charge is 0.270 e. The van der Waals surface area contributed by atoms with E-state index in [2.05, 4.69) is 38.7 Å². The van der Waals surface area contributed by atoms with E-state index >= 15 is 0 Å². The summed E-state index contributed by atoms with van der Waals surface area (Å²) in [7, 11) is 0. The lowest BCUT2D eigenvalue weighted by Crippen LogP contribution is -2.31. The second-order valence-electron chi connectivity index (χ2n) is 8.91. The molecular weight excluding hydrogens is 470 g/mol. The van der Waals surface area contributed by atoms with Gasteiger partial charge in [-0.15, -0.1) is 10.2 Å². The van der Waals surface area contributed by atoms with Crippen LogP contribution in [-0.2, 0) is 6.42 Å². The van der Waals surface area contributed by atoms with E-state index in [9.17, 15) is 10.1 Å². The number of aromatic nitrogens is 3. The number of fused-ring (bicyclic) bond motifs is 1. The van der Waals surface area contributed by atoms with Crippen molar-refractivity contribution in [1.82, 2.24) is 20.5 Å². The van der Waals surface area contributed by atoms with Crippen molar-refractivity contribution in [2.45, 2.75) is 45.3 Å². The SMILES string of the molecule is CC(C)Oc1ccc(-c2nnc(-c3cccc4c3CCC[C@@H]4NC(=O)c3ccccn3)s2)cc1C#N. The highest BCUT2D eigenvalue weighted by Crippen LogP contribution is 2.39. The zero-order valence-corrected chi connectivity index (χ0v) is 20.9. The molecule has 1 atom stereocenters. The van der Waals surface area contributed by atoms with Crippen LogP contribution in [0.5, 0.6) is 5.75 Å². The monoisotopic (exact) mass is 495 g/mol. The summed E-state index contributed by atoms with van der Waals surface area (Å²) in [5, 5.41) is 23.2. The molecule has 4 aromatic rings. The molecule has 180 valence electrons. The van der Waals surface area contributed by atoms with Gasteiger partial charge in [0.1, 0.15) is 27.5 Å². The van der Waals surface area contributed by atoms with Gasteiger partial charge in [0.05, 0.1) is 17.7 Å². The molecule has 8 heteroatoms. The molecule has 0 saturated carbocycles. The largest absolute Gasteiger partial charge is 0.490 e. The lowest BCUT2D eigenvalue weighted by molar-refractivity contribution is 0.0927. The van der Waals surface area contributed by atoms with Crippen molar-refractivity contribution in [1.29, 1.82) is 5.26 Å². The van der Waals surface area contributed by atoms with Gasteiger partial charge in [-0.25, -0.2) is 0 Å². The molecule has 2 aromatic heterocycles. The zero-order valence-electron chi connectivity index (χ0n) is 20.1. The number of pyridine rings is 1. The Morgan fingerprint density at radius 2 is 2.00 bits per heavy atom. The Kier molecular flexibility index (Phi) is 6.74. The molecule has 1 N–H and O–H groups in total. The van der Waals surface area contributed by atoms with E-state index < -0.39 is 0 Å². The maximum absolute atomic E-state index is 12.7. The van der Waals surface area contributed by atoms with Gasteiger partial charge >= 0.3 is 0 Å². The Labute approximate surface area is 213 Å². The highest BCUT2D eigenvalue weighted by atomic mass is 32.1. The third kappa shape index (κ3) is 4.83. The molecular formula is C28H25N5O2S. The van der Waals surface area contributed by atoms with Gasteiger partial charge in [-0.2, -0.15) is 5.26 Å². The van der Waals surface area contributed by atoms with Crippen molar-refractivity contribution in [3.05, 3.63) is 83.2 Å². The van der Waals surface area contributed by atoms with E-state index in [1.807, 2.05) is 38.1 Å². The minimum atomic E-state index is -0.171. The molecule has 2 aromatic carbocycles. The molecule has 0 fully saturated rings. The second-order valence-corrected chi connectivity index (χ2v) is 9.89. The van der Waals surface area contributed by atoms with Crippen LogP contribution in [0.1, 0.15) is 59.9 Å². The van der Waals surface area contributed by atoms with Crippen LogP contribution < -0.4 is 10.1 Å². The average molecular weight is 496 g/mol. The van der Waals surface area contributed by atoms with E-state index in [4.69, 9.17) is 4.74 Å². The van der Waals surface area contributed by atoms with Crippen molar-refractivity contribution in [2.24, 2.45) is 0 Å². The molecule has 0 radical (unpaired) electrons. The van der Waals surface area contributed by atoms with Crippen LogP contribution in [0.15, 0.2) is 60.8 Å². The molecule has 1 aliphatic rings. The summed E-state index contributed by atoms with van der Waals surface area (Å²) in [6.07, 6.45) is 4.36. The number of carbonyl (C=O) groups is 1. The predicted octanol–water partition coefficient (Wildman–Crippen LogP) is 5.73. The number of benzene rings is 2. The number of hydrogen-bond acceptors (Lipinski definition) is 7. The average Bonchev–Trinajstić information content (AvgIpc) is 3.39. The van der Waals surface area contributed by atoms with Crippen LogP contribution >= 0.6 is 11.3 Å². The summed E-state index contributed by atoms with van der Waals surface area (Å²) in [5.41, 5.74) is 5.06. The third-order valence-corrected chi connectivity index (χ3v) is 7.08. The van der Waals surface area contributed by atoms with Crippen molar-refractivity contribution < 1.29 is 9.53 Å². The van der Waals surface area contributed by atoms with Crippen molar-refractivity contribution >= 4 is 17.2 Å². The highest BCUT2D eigenvalue weighted by molar-refractivity contribution is 7.17. The van der Waals surface area contributed by atoms with Crippen LogP contribution in [0.4, 0.5) is 0 Å². The number of rotatable bonds is 6. The molecule has 1 amide bonds. The summed E-state index contributed by atoms with van der Waals surface area (Å²) in [5.74, 6) is 0.396. The fourth-order valence-electron chi connectivity index (χ4n) is 4.48. The standard InChI is InChI=1S/C28H25N5O2S/c1-17(2)35-25-13-12-18(15-19(25)16-29)27-32-33-28(36-27)22-9-5-8-21-20(22)7-6-11-23(21)31-26(34)24-10-3-4-14-30-24/h3-5,8-10,12-15,17,23H,6-7,11H2,1-2H3,(H,31,34)/t23-/m0/s1. The van der Waals surface area contributed by atoms with Crippen molar-refractivity contribution in [2.75, 3.05) is 0 Å². The molecule has 1 aliphatic carbocycles. The van der Waals surface area contributed by atoms with Crippen LogP contribution in [0.2, 0.25) is 0 Å². The van der Waals surface area contributed by atoms with Gasteiger partial charge in [0.2, 0.25) is 0 Å². The first kappa shape index (κ1) is 23.6. The summed E-state index contributed by atoms with van der Waals surface area (Å²) in [4.78, 5) is 16.9. The maximum atomic E-state index is 12.7. The number of carbonyl (C=O) groups excluding carboxylic acids is 1. The van der Waals surface area contributed by atoms with Gasteiger partial charge in [-0.3, -0.25) is 9.78 Å². The second kappa shape index (κ2) is 10.3. The molecule has 36 heavy (non-hydrogen) atoms. The van der Waals surface area contributed by atoms with Crippen LogP contribution in [0, 0.1) is 11.3 Å². The number of nitriles is 1. The summed E-state index contributed by atoms with van der Waals surface area (Å²) < 4.78 is 5.74. The maximum Gasteiger partial charge on any atom is 0.270 e. The Balaban J connectivity index is 1.43. The molecule has 0 saturated heterocycles.